The lowest BCUT2D eigenvalue weighted by Crippen LogP contribution is -2.50. The lowest BCUT2D eigenvalue weighted by molar-refractivity contribution is -0.124. The smallest absolute Gasteiger partial charge is 0.238 e. The minimum absolute atomic E-state index is 0.0274. The summed E-state index contributed by atoms with van der Waals surface area (Å²) in [6.07, 6.45) is 1.63. The van der Waals surface area contributed by atoms with Gasteiger partial charge < -0.3 is 10.6 Å². The highest BCUT2D eigenvalue weighted by Crippen LogP contribution is 2.29. The van der Waals surface area contributed by atoms with E-state index in [2.05, 4.69) is 16.0 Å². The molecule has 1 aromatic rings. The maximum absolute atomic E-state index is 11.8. The number of anilines is 1. The van der Waals surface area contributed by atoms with Crippen molar-refractivity contribution in [2.45, 2.75) is 18.9 Å². The summed E-state index contributed by atoms with van der Waals surface area (Å²) in [4.78, 5) is 23.4. The standard InChI is InChI=1S/C13H15Cl2N3O2/c14-8-3-1-4-9(15)12(8)18-11(19)7-17-10-5-2-6-16-13(10)20/h1,3-4,10,17H,2,5-7H2,(H,16,20)(H,18,19). The van der Waals surface area contributed by atoms with Gasteiger partial charge in [-0.3, -0.25) is 14.9 Å². The van der Waals surface area contributed by atoms with E-state index in [-0.39, 0.29) is 24.4 Å². The number of benzene rings is 1. The minimum Gasteiger partial charge on any atom is -0.355 e. The topological polar surface area (TPSA) is 70.2 Å². The van der Waals surface area contributed by atoms with Crippen LogP contribution in [0.4, 0.5) is 5.69 Å². The van der Waals surface area contributed by atoms with Crippen molar-refractivity contribution in [1.82, 2.24) is 10.6 Å². The molecule has 3 N–H and O–H groups in total. The Morgan fingerprint density at radius 3 is 2.70 bits per heavy atom. The molecule has 1 aliphatic heterocycles. The van der Waals surface area contributed by atoms with Crippen LogP contribution < -0.4 is 16.0 Å². The Morgan fingerprint density at radius 1 is 1.35 bits per heavy atom. The Balaban J connectivity index is 1.88. The van der Waals surface area contributed by atoms with Crippen molar-refractivity contribution in [2.24, 2.45) is 0 Å². The van der Waals surface area contributed by atoms with Crippen LogP contribution in [-0.4, -0.2) is 30.9 Å². The summed E-state index contributed by atoms with van der Waals surface area (Å²) in [5.74, 6) is -0.363. The van der Waals surface area contributed by atoms with Gasteiger partial charge in [0.15, 0.2) is 0 Å². The lowest BCUT2D eigenvalue weighted by Gasteiger charge is -2.22. The van der Waals surface area contributed by atoms with Crippen molar-refractivity contribution < 1.29 is 9.59 Å². The van der Waals surface area contributed by atoms with E-state index >= 15 is 0 Å². The number of nitrogens with one attached hydrogen (secondary N) is 3. The van der Waals surface area contributed by atoms with Gasteiger partial charge in [-0.25, -0.2) is 0 Å². The Bertz CT molecular complexity index is 502. The molecular weight excluding hydrogens is 301 g/mol. The van der Waals surface area contributed by atoms with E-state index in [9.17, 15) is 9.59 Å². The second-order valence-corrected chi connectivity index (χ2v) is 5.33. The Hall–Kier alpha value is -1.30. The van der Waals surface area contributed by atoms with Crippen LogP contribution in [0.3, 0.4) is 0 Å². The first-order valence-corrected chi connectivity index (χ1v) is 7.08. The average Bonchev–Trinajstić information content (AvgIpc) is 2.42. The van der Waals surface area contributed by atoms with E-state index in [4.69, 9.17) is 23.2 Å². The number of hydrogen-bond acceptors (Lipinski definition) is 3. The number of rotatable bonds is 4. The maximum Gasteiger partial charge on any atom is 0.238 e. The number of halogens is 2. The minimum atomic E-state index is -0.323. The van der Waals surface area contributed by atoms with E-state index in [1.54, 1.807) is 18.2 Å². The highest BCUT2D eigenvalue weighted by molar-refractivity contribution is 6.39. The van der Waals surface area contributed by atoms with E-state index < -0.39 is 0 Å². The van der Waals surface area contributed by atoms with Crippen LogP contribution >= 0.6 is 23.2 Å². The fraction of sp³-hybridized carbons (Fsp3) is 0.385. The van der Waals surface area contributed by atoms with Crippen LogP contribution in [0.15, 0.2) is 18.2 Å². The molecule has 0 radical (unpaired) electrons. The molecule has 1 aromatic carbocycles. The molecular formula is C13H15Cl2N3O2. The van der Waals surface area contributed by atoms with Gasteiger partial charge in [0.1, 0.15) is 0 Å². The Labute approximate surface area is 127 Å². The normalized spacial score (nSPS) is 18.5. The third-order valence-electron chi connectivity index (χ3n) is 3.02. The zero-order valence-electron chi connectivity index (χ0n) is 10.7. The number of carbonyl (C=O) groups is 2. The summed E-state index contributed by atoms with van der Waals surface area (Å²) in [7, 11) is 0. The molecule has 1 fully saturated rings. The number of carbonyl (C=O) groups excluding carboxylic acids is 2. The van der Waals surface area contributed by atoms with Crippen molar-refractivity contribution in [1.29, 1.82) is 0 Å². The molecule has 1 saturated heterocycles. The molecule has 0 saturated carbocycles. The van der Waals surface area contributed by atoms with Crippen molar-refractivity contribution in [3.05, 3.63) is 28.2 Å². The molecule has 5 nitrogen and oxygen atoms in total. The van der Waals surface area contributed by atoms with Crippen molar-refractivity contribution >= 4 is 40.7 Å². The molecule has 1 atom stereocenters. The Morgan fingerprint density at radius 2 is 2.05 bits per heavy atom. The van der Waals surface area contributed by atoms with Crippen molar-refractivity contribution in [2.75, 3.05) is 18.4 Å². The summed E-state index contributed by atoms with van der Waals surface area (Å²) in [5.41, 5.74) is 0.385. The summed E-state index contributed by atoms with van der Waals surface area (Å²) < 4.78 is 0. The van der Waals surface area contributed by atoms with Crippen LogP contribution in [0.25, 0.3) is 0 Å². The zero-order chi connectivity index (χ0) is 14.5. The number of hydrogen-bond donors (Lipinski definition) is 3. The van der Waals surface area contributed by atoms with Gasteiger partial charge in [-0.05, 0) is 25.0 Å². The maximum atomic E-state index is 11.8. The first-order chi connectivity index (χ1) is 9.58. The van der Waals surface area contributed by atoms with Crippen LogP contribution in [-0.2, 0) is 9.59 Å². The second kappa shape index (κ2) is 6.92. The molecule has 0 bridgehead atoms. The van der Waals surface area contributed by atoms with Crippen molar-refractivity contribution in [3.63, 3.8) is 0 Å². The van der Waals surface area contributed by atoms with Gasteiger partial charge in [-0.1, -0.05) is 29.3 Å². The zero-order valence-corrected chi connectivity index (χ0v) is 12.2. The van der Waals surface area contributed by atoms with Gasteiger partial charge in [0.2, 0.25) is 11.8 Å². The highest BCUT2D eigenvalue weighted by atomic mass is 35.5. The SMILES string of the molecule is O=C(CNC1CCCNC1=O)Nc1c(Cl)cccc1Cl. The number of amides is 2. The third-order valence-corrected chi connectivity index (χ3v) is 3.65. The fourth-order valence-corrected chi connectivity index (χ4v) is 2.48. The second-order valence-electron chi connectivity index (χ2n) is 4.51. The molecule has 20 heavy (non-hydrogen) atoms. The molecule has 0 spiro atoms. The van der Waals surface area contributed by atoms with Gasteiger partial charge in [-0.2, -0.15) is 0 Å². The van der Waals surface area contributed by atoms with Crippen LogP contribution in [0, 0.1) is 0 Å². The molecule has 1 unspecified atom stereocenters. The Kier molecular flexibility index (Phi) is 5.23. The fourth-order valence-electron chi connectivity index (χ4n) is 1.98. The predicted octanol–water partition coefficient (Wildman–Crippen LogP) is 1.80. The first kappa shape index (κ1) is 15.1. The van der Waals surface area contributed by atoms with Gasteiger partial charge >= 0.3 is 0 Å². The molecule has 108 valence electrons. The summed E-state index contributed by atoms with van der Waals surface area (Å²) in [5, 5.41) is 9.06. The molecule has 2 amide bonds. The molecule has 1 aliphatic rings. The monoisotopic (exact) mass is 315 g/mol. The summed E-state index contributed by atoms with van der Waals surface area (Å²) in [6, 6.07) is 4.66. The van der Waals surface area contributed by atoms with Gasteiger partial charge in [0, 0.05) is 6.54 Å². The van der Waals surface area contributed by atoms with E-state index in [0.717, 1.165) is 12.8 Å². The number of piperidine rings is 1. The van der Waals surface area contributed by atoms with Gasteiger partial charge in [0.25, 0.3) is 0 Å². The van der Waals surface area contributed by atoms with Gasteiger partial charge in [0.05, 0.1) is 28.3 Å². The van der Waals surface area contributed by atoms with Crippen molar-refractivity contribution in [3.8, 4) is 0 Å². The third kappa shape index (κ3) is 3.85. The van der Waals surface area contributed by atoms with E-state index in [1.165, 1.54) is 0 Å². The molecule has 1 heterocycles. The average molecular weight is 316 g/mol. The lowest BCUT2D eigenvalue weighted by atomic mass is 10.1. The van der Waals surface area contributed by atoms with E-state index in [1.807, 2.05) is 0 Å². The first-order valence-electron chi connectivity index (χ1n) is 6.33. The van der Waals surface area contributed by atoms with Crippen LogP contribution in [0.5, 0.6) is 0 Å². The highest BCUT2D eigenvalue weighted by Gasteiger charge is 2.22. The van der Waals surface area contributed by atoms with Gasteiger partial charge in [-0.15, -0.1) is 0 Å². The van der Waals surface area contributed by atoms with E-state index in [0.29, 0.717) is 22.3 Å². The largest absolute Gasteiger partial charge is 0.355 e. The molecule has 7 heteroatoms. The quantitative estimate of drug-likeness (QED) is 0.793. The molecule has 0 aliphatic carbocycles. The molecule has 2 rings (SSSR count). The summed E-state index contributed by atoms with van der Waals surface area (Å²) in [6.45, 7) is 0.720. The predicted molar refractivity (Wildman–Crippen MR) is 79.1 cm³/mol. The van der Waals surface area contributed by atoms with Crippen LogP contribution in [0.1, 0.15) is 12.8 Å². The summed E-state index contributed by atoms with van der Waals surface area (Å²) >= 11 is 11.9. The van der Waals surface area contributed by atoms with Crippen LogP contribution in [0.2, 0.25) is 10.0 Å². The molecule has 0 aromatic heterocycles. The number of para-hydroxylation sites is 1.